The summed E-state index contributed by atoms with van der Waals surface area (Å²) in [7, 11) is 1.26. The molecule has 0 saturated heterocycles. The number of halogens is 2. The Kier molecular flexibility index (Phi) is 5.86. The van der Waals surface area contributed by atoms with Crippen LogP contribution in [-0.4, -0.2) is 25.0 Å². The molecule has 1 atom stereocenters. The van der Waals surface area contributed by atoms with Gasteiger partial charge in [-0.3, -0.25) is 4.79 Å². The van der Waals surface area contributed by atoms with Gasteiger partial charge in [0.25, 0.3) is 0 Å². The van der Waals surface area contributed by atoms with E-state index in [-0.39, 0.29) is 0 Å². The molecule has 0 bridgehead atoms. The number of esters is 1. The van der Waals surface area contributed by atoms with Crippen LogP contribution in [0, 0.1) is 0 Å². The molecule has 0 heterocycles. The lowest BCUT2D eigenvalue weighted by Crippen LogP contribution is -2.38. The highest BCUT2D eigenvalue weighted by Gasteiger charge is 2.13. The van der Waals surface area contributed by atoms with Gasteiger partial charge in [0, 0.05) is 16.1 Å². The van der Waals surface area contributed by atoms with Crippen LogP contribution in [0.2, 0.25) is 10.0 Å². The minimum atomic E-state index is -0.706. The Labute approximate surface area is 121 Å². The van der Waals surface area contributed by atoms with Gasteiger partial charge in [0.05, 0.1) is 7.11 Å². The zero-order chi connectivity index (χ0) is 14.4. The Morgan fingerprint density at radius 2 is 2.05 bits per heavy atom. The monoisotopic (exact) mass is 301 g/mol. The van der Waals surface area contributed by atoms with Crippen molar-refractivity contribution in [3.05, 3.63) is 39.9 Å². The molecule has 0 aliphatic carbocycles. The Morgan fingerprint density at radius 3 is 2.63 bits per heavy atom. The third-order valence-corrected chi connectivity index (χ3v) is 2.85. The topological polar surface area (TPSA) is 55.4 Å². The van der Waals surface area contributed by atoms with Crippen LogP contribution in [0.4, 0.5) is 0 Å². The lowest BCUT2D eigenvalue weighted by Gasteiger charge is -2.09. The van der Waals surface area contributed by atoms with E-state index in [0.29, 0.717) is 15.6 Å². The van der Waals surface area contributed by atoms with Crippen molar-refractivity contribution in [1.82, 2.24) is 5.32 Å². The first-order valence-electron chi connectivity index (χ1n) is 5.45. The molecule has 0 spiro atoms. The van der Waals surface area contributed by atoms with Gasteiger partial charge in [0.1, 0.15) is 6.04 Å². The smallest absolute Gasteiger partial charge is 0.328 e. The van der Waals surface area contributed by atoms with E-state index in [9.17, 15) is 9.59 Å². The fourth-order valence-electron chi connectivity index (χ4n) is 1.30. The molecule has 19 heavy (non-hydrogen) atoms. The first-order chi connectivity index (χ1) is 8.93. The molecule has 1 N–H and O–H groups in total. The van der Waals surface area contributed by atoms with Gasteiger partial charge in [-0.05, 0) is 30.7 Å². The third-order valence-electron chi connectivity index (χ3n) is 2.29. The molecule has 4 nitrogen and oxygen atoms in total. The summed E-state index contributed by atoms with van der Waals surface area (Å²) in [6.07, 6.45) is 2.83. The maximum atomic E-state index is 11.6. The molecule has 0 aromatic heterocycles. The van der Waals surface area contributed by atoms with Crippen LogP contribution in [0.5, 0.6) is 0 Å². The fraction of sp³-hybridized carbons (Fsp3) is 0.231. The molecule has 1 amide bonds. The number of nitrogens with one attached hydrogen (secondary N) is 1. The van der Waals surface area contributed by atoms with Crippen molar-refractivity contribution < 1.29 is 14.3 Å². The lowest BCUT2D eigenvalue weighted by atomic mass is 10.2. The molecule has 0 aliphatic heterocycles. The number of methoxy groups -OCH3 is 1. The molecule has 0 radical (unpaired) electrons. The number of ether oxygens (including phenoxy) is 1. The number of hydrogen-bond acceptors (Lipinski definition) is 3. The van der Waals surface area contributed by atoms with Gasteiger partial charge in [-0.2, -0.15) is 0 Å². The summed E-state index contributed by atoms with van der Waals surface area (Å²) < 4.78 is 4.49. The predicted molar refractivity (Wildman–Crippen MR) is 75.1 cm³/mol. The minimum absolute atomic E-state index is 0.413. The quantitative estimate of drug-likeness (QED) is 0.687. The zero-order valence-electron chi connectivity index (χ0n) is 10.4. The van der Waals surface area contributed by atoms with E-state index < -0.39 is 17.9 Å². The first-order valence-corrected chi connectivity index (χ1v) is 6.21. The van der Waals surface area contributed by atoms with E-state index in [2.05, 4.69) is 10.1 Å². The number of carbonyl (C=O) groups excluding carboxylic acids is 2. The van der Waals surface area contributed by atoms with Crippen molar-refractivity contribution in [2.24, 2.45) is 0 Å². The summed E-state index contributed by atoms with van der Waals surface area (Å²) in [5.74, 6) is -0.921. The van der Waals surface area contributed by atoms with E-state index in [0.717, 1.165) is 0 Å². The molecule has 6 heteroatoms. The number of carbonyl (C=O) groups is 2. The van der Waals surface area contributed by atoms with Crippen LogP contribution in [0.15, 0.2) is 24.3 Å². The number of rotatable bonds is 4. The van der Waals surface area contributed by atoms with Crippen molar-refractivity contribution >= 4 is 41.2 Å². The van der Waals surface area contributed by atoms with Crippen molar-refractivity contribution in [1.29, 1.82) is 0 Å². The zero-order valence-corrected chi connectivity index (χ0v) is 12.0. The van der Waals surface area contributed by atoms with Crippen molar-refractivity contribution in [3.63, 3.8) is 0 Å². The second-order valence-electron chi connectivity index (χ2n) is 3.75. The Bertz CT molecular complexity index is 515. The number of hydrogen-bond donors (Lipinski definition) is 1. The summed E-state index contributed by atoms with van der Waals surface area (Å²) in [6, 6.07) is 4.24. The van der Waals surface area contributed by atoms with Crippen molar-refractivity contribution in [2.45, 2.75) is 13.0 Å². The van der Waals surface area contributed by atoms with Crippen molar-refractivity contribution in [3.8, 4) is 0 Å². The van der Waals surface area contributed by atoms with Gasteiger partial charge in [-0.1, -0.05) is 29.3 Å². The second kappa shape index (κ2) is 7.16. The summed E-state index contributed by atoms with van der Waals surface area (Å²) in [5, 5.41) is 3.42. The van der Waals surface area contributed by atoms with Crippen LogP contribution in [0.1, 0.15) is 12.5 Å². The standard InChI is InChI=1S/C13H13Cl2NO3/c1-8(13(18)19-2)16-12(17)6-4-9-3-5-10(14)7-11(9)15/h3-8H,1-2H3,(H,16,17)/b6-4+/t8-/m1/s1. The largest absolute Gasteiger partial charge is 0.467 e. The molecule has 102 valence electrons. The number of benzene rings is 1. The van der Waals surface area contributed by atoms with Crippen LogP contribution in [0.25, 0.3) is 6.08 Å². The molecular formula is C13H13Cl2NO3. The molecule has 0 fully saturated rings. The highest BCUT2D eigenvalue weighted by molar-refractivity contribution is 6.35. The van der Waals surface area contributed by atoms with Crippen LogP contribution in [-0.2, 0) is 14.3 Å². The Morgan fingerprint density at radius 1 is 1.37 bits per heavy atom. The molecule has 0 unspecified atom stereocenters. The van der Waals surface area contributed by atoms with Gasteiger partial charge in [-0.25, -0.2) is 4.79 Å². The molecule has 1 rings (SSSR count). The Balaban J connectivity index is 2.66. The van der Waals surface area contributed by atoms with E-state index in [1.807, 2.05) is 0 Å². The predicted octanol–water partition coefficient (Wildman–Crippen LogP) is 2.68. The van der Waals surface area contributed by atoms with Gasteiger partial charge in [0.15, 0.2) is 0 Å². The molecule has 0 aliphatic rings. The summed E-state index contributed by atoms with van der Waals surface area (Å²) >= 11 is 11.7. The van der Waals surface area contributed by atoms with E-state index in [1.54, 1.807) is 18.2 Å². The normalized spacial score (nSPS) is 12.2. The van der Waals surface area contributed by atoms with Crippen LogP contribution in [0.3, 0.4) is 0 Å². The minimum Gasteiger partial charge on any atom is -0.467 e. The van der Waals surface area contributed by atoms with E-state index in [1.165, 1.54) is 26.2 Å². The maximum absolute atomic E-state index is 11.6. The lowest BCUT2D eigenvalue weighted by molar-refractivity contribution is -0.144. The van der Waals surface area contributed by atoms with Gasteiger partial charge in [-0.15, -0.1) is 0 Å². The second-order valence-corrected chi connectivity index (χ2v) is 4.60. The average molecular weight is 302 g/mol. The molecule has 1 aromatic carbocycles. The van der Waals surface area contributed by atoms with Crippen LogP contribution < -0.4 is 5.32 Å². The summed E-state index contributed by atoms with van der Waals surface area (Å²) in [5.41, 5.74) is 0.659. The molecular weight excluding hydrogens is 289 g/mol. The van der Waals surface area contributed by atoms with E-state index >= 15 is 0 Å². The summed E-state index contributed by atoms with van der Waals surface area (Å²) in [6.45, 7) is 1.53. The molecule has 0 saturated carbocycles. The fourth-order valence-corrected chi connectivity index (χ4v) is 1.77. The van der Waals surface area contributed by atoms with Gasteiger partial charge < -0.3 is 10.1 Å². The SMILES string of the molecule is COC(=O)[C@@H](C)NC(=O)/C=C/c1ccc(Cl)cc1Cl. The van der Waals surface area contributed by atoms with Crippen molar-refractivity contribution in [2.75, 3.05) is 7.11 Å². The highest BCUT2D eigenvalue weighted by atomic mass is 35.5. The molecule has 1 aromatic rings. The highest BCUT2D eigenvalue weighted by Crippen LogP contribution is 2.21. The Hall–Kier alpha value is -1.52. The summed E-state index contributed by atoms with van der Waals surface area (Å²) in [4.78, 5) is 22.7. The van der Waals surface area contributed by atoms with E-state index in [4.69, 9.17) is 23.2 Å². The average Bonchev–Trinajstić information content (AvgIpc) is 2.36. The third kappa shape index (κ3) is 4.93. The van der Waals surface area contributed by atoms with Gasteiger partial charge >= 0.3 is 5.97 Å². The van der Waals surface area contributed by atoms with Crippen LogP contribution >= 0.6 is 23.2 Å². The maximum Gasteiger partial charge on any atom is 0.328 e. The van der Waals surface area contributed by atoms with Gasteiger partial charge in [0.2, 0.25) is 5.91 Å². The first kappa shape index (κ1) is 15.5. The number of amides is 1.